The molecule has 0 spiro atoms. The number of hydrogen-bond acceptors (Lipinski definition) is 15. The summed E-state index contributed by atoms with van der Waals surface area (Å²) in [6.45, 7) is 10.2. The van der Waals surface area contributed by atoms with Crippen molar-refractivity contribution in [1.29, 1.82) is 0 Å². The van der Waals surface area contributed by atoms with Crippen LogP contribution in [0.1, 0.15) is 124 Å². The number of aromatic nitrogens is 2. The van der Waals surface area contributed by atoms with E-state index in [0.29, 0.717) is 56.6 Å². The lowest BCUT2D eigenvalue weighted by Crippen LogP contribution is -2.54. The molecule has 394 valence electrons. The van der Waals surface area contributed by atoms with Gasteiger partial charge in [-0.2, -0.15) is 4.98 Å². The van der Waals surface area contributed by atoms with Crippen LogP contribution in [0.3, 0.4) is 0 Å². The van der Waals surface area contributed by atoms with Gasteiger partial charge in [-0.25, -0.2) is 13.4 Å². The number of piperidine rings is 1. The molecule has 1 atom stereocenters. The average Bonchev–Trinajstić information content (AvgIpc) is 3.62. The summed E-state index contributed by atoms with van der Waals surface area (Å²) in [5.41, 5.74) is 2.90. The maximum absolute atomic E-state index is 13.2. The van der Waals surface area contributed by atoms with E-state index in [9.17, 15) is 42.0 Å². The van der Waals surface area contributed by atoms with Crippen molar-refractivity contribution in [3.05, 3.63) is 89.6 Å². The Hall–Kier alpha value is -7.22. The van der Waals surface area contributed by atoms with Crippen molar-refractivity contribution < 1.29 is 46.7 Å². The number of amides is 6. The number of hydrogen-bond donors (Lipinski definition) is 4. The Morgan fingerprint density at radius 3 is 2.22 bits per heavy atom. The minimum Gasteiger partial charge on any atom is -0.483 e. The molecule has 1 aromatic heterocycles. The van der Waals surface area contributed by atoms with Gasteiger partial charge in [-0.3, -0.25) is 43.8 Å². The summed E-state index contributed by atoms with van der Waals surface area (Å²) in [5.74, 6) is -1.75. The number of nitrogens with one attached hydrogen (secondary N) is 4. The molecule has 6 amide bonds. The molecule has 0 bridgehead atoms. The average molecular weight is 1030 g/mol. The van der Waals surface area contributed by atoms with Crippen molar-refractivity contribution in [2.75, 3.05) is 60.6 Å². The Balaban J connectivity index is 0.717. The first-order chi connectivity index (χ1) is 35.3. The van der Waals surface area contributed by atoms with Crippen LogP contribution in [0.2, 0.25) is 0 Å². The van der Waals surface area contributed by atoms with Crippen LogP contribution in [0.5, 0.6) is 5.75 Å². The van der Waals surface area contributed by atoms with Gasteiger partial charge in [-0.1, -0.05) is 65.0 Å². The van der Waals surface area contributed by atoms with Gasteiger partial charge in [0.2, 0.25) is 23.7 Å². The fourth-order valence-corrected chi connectivity index (χ4v) is 11.1. The van der Waals surface area contributed by atoms with Crippen LogP contribution in [0.25, 0.3) is 0 Å². The van der Waals surface area contributed by atoms with Crippen molar-refractivity contribution in [1.82, 2.24) is 30.4 Å². The molecule has 74 heavy (non-hydrogen) atoms. The number of benzene rings is 3. The van der Waals surface area contributed by atoms with Crippen LogP contribution >= 0.6 is 0 Å². The molecule has 3 aromatic carbocycles. The fourth-order valence-electron chi connectivity index (χ4n) is 9.17. The van der Waals surface area contributed by atoms with Gasteiger partial charge in [0.25, 0.3) is 17.7 Å². The highest BCUT2D eigenvalue weighted by Crippen LogP contribution is 2.34. The van der Waals surface area contributed by atoms with Gasteiger partial charge in [0, 0.05) is 87.2 Å². The second-order valence-electron chi connectivity index (χ2n) is 20.3. The number of ketones is 1. The third-order valence-electron chi connectivity index (χ3n) is 13.0. The second kappa shape index (κ2) is 24.7. The first kappa shape index (κ1) is 54.6. The van der Waals surface area contributed by atoms with Gasteiger partial charge < -0.3 is 30.5 Å². The lowest BCUT2D eigenvalue weighted by atomic mass is 10.0. The zero-order valence-electron chi connectivity index (χ0n) is 42.7. The summed E-state index contributed by atoms with van der Waals surface area (Å²) in [6.07, 6.45) is 9.06. The van der Waals surface area contributed by atoms with E-state index in [1.807, 2.05) is 56.9 Å². The number of unbranched alkanes of at least 4 members (excludes halogenated alkanes) is 6. The molecule has 4 N–H and O–H groups in total. The van der Waals surface area contributed by atoms with E-state index in [1.165, 1.54) is 18.2 Å². The summed E-state index contributed by atoms with van der Waals surface area (Å²) in [7, 11) is -3.47. The highest BCUT2D eigenvalue weighted by Gasteiger charge is 2.46. The molecule has 4 heterocycles. The Morgan fingerprint density at radius 2 is 1.50 bits per heavy atom. The van der Waals surface area contributed by atoms with Gasteiger partial charge in [0.1, 0.15) is 23.4 Å². The summed E-state index contributed by atoms with van der Waals surface area (Å²) in [6, 6.07) is 18.1. The largest absolute Gasteiger partial charge is 0.483 e. The third-order valence-corrected chi connectivity index (χ3v) is 15.3. The van der Waals surface area contributed by atoms with E-state index < -0.39 is 39.5 Å². The lowest BCUT2D eigenvalue weighted by molar-refractivity contribution is -0.136. The zero-order chi connectivity index (χ0) is 53.0. The van der Waals surface area contributed by atoms with E-state index in [1.54, 1.807) is 30.5 Å². The van der Waals surface area contributed by atoms with Gasteiger partial charge in [0.05, 0.1) is 21.8 Å². The minimum absolute atomic E-state index is 0.000112. The van der Waals surface area contributed by atoms with Crippen LogP contribution < -0.4 is 30.9 Å². The smallest absolute Gasteiger partial charge is 0.266 e. The predicted octanol–water partition coefficient (Wildman–Crippen LogP) is 6.81. The van der Waals surface area contributed by atoms with E-state index >= 15 is 0 Å². The molecule has 1 unspecified atom stereocenters. The van der Waals surface area contributed by atoms with E-state index in [0.717, 1.165) is 66.8 Å². The highest BCUT2D eigenvalue weighted by molar-refractivity contribution is 7.91. The first-order valence-corrected chi connectivity index (χ1v) is 27.1. The topological polar surface area (TPSA) is 246 Å². The number of carbonyl (C=O) groups excluding carboxylic acids is 7. The summed E-state index contributed by atoms with van der Waals surface area (Å²) in [5, 5.41) is 11.5. The summed E-state index contributed by atoms with van der Waals surface area (Å²) in [4.78, 5) is 103. The van der Waals surface area contributed by atoms with Gasteiger partial charge in [-0.15, -0.1) is 0 Å². The maximum atomic E-state index is 13.2. The van der Waals surface area contributed by atoms with Crippen molar-refractivity contribution in [3.63, 3.8) is 0 Å². The molecule has 4 aromatic rings. The standard InChI is InChI=1S/C54H67N9O10S/c1-36-33-56-53(60-49(36)57-38-14-12-16-41(32-38)74(71,72)35-54(2,3)4)58-37-19-21-39(22-20-37)61-28-30-62(31-29-61)47(67)26-23-40(64)15-10-8-6-5-7-9-11-27-55-46(66)34-73-44-18-13-17-42-48(44)52(70)63(51(42)69)43-24-25-45(65)59-50(43)68/h12-14,16-22,32-33,43H,5-11,15,23-31,34-35H2,1-4H3,(H,55,66)(H,59,65,68)(H2,56,57,58,60). The Bertz CT molecular complexity index is 2840. The predicted molar refractivity (Wildman–Crippen MR) is 279 cm³/mol. The first-order valence-electron chi connectivity index (χ1n) is 25.4. The molecule has 19 nitrogen and oxygen atoms in total. The number of anilines is 5. The third kappa shape index (κ3) is 14.7. The van der Waals surface area contributed by atoms with Crippen LogP contribution in [-0.4, -0.2) is 121 Å². The Labute approximate surface area is 432 Å². The van der Waals surface area contributed by atoms with Gasteiger partial charge >= 0.3 is 0 Å². The van der Waals surface area contributed by atoms with Crippen LogP contribution in [0.15, 0.2) is 77.8 Å². The van der Waals surface area contributed by atoms with E-state index in [2.05, 4.69) is 36.1 Å². The molecular formula is C54H67N9O10S. The molecule has 0 radical (unpaired) electrons. The fraction of sp³-hybridized carbons (Fsp3) is 0.463. The quantitative estimate of drug-likeness (QED) is 0.0416. The number of ether oxygens (including phenoxy) is 1. The van der Waals surface area contributed by atoms with Crippen molar-refractivity contribution in [3.8, 4) is 5.75 Å². The highest BCUT2D eigenvalue weighted by atomic mass is 32.2. The number of carbonyl (C=O) groups is 7. The molecule has 2 saturated heterocycles. The maximum Gasteiger partial charge on any atom is 0.266 e. The zero-order valence-corrected chi connectivity index (χ0v) is 43.5. The number of imide groups is 2. The summed E-state index contributed by atoms with van der Waals surface area (Å²) >= 11 is 0. The number of sulfone groups is 1. The molecule has 20 heteroatoms. The normalized spacial score (nSPS) is 15.9. The van der Waals surface area contributed by atoms with Gasteiger partial charge in [-0.05, 0) is 86.2 Å². The van der Waals surface area contributed by atoms with Crippen LogP contribution in [0.4, 0.5) is 28.8 Å². The molecule has 7 rings (SSSR count). The number of aryl methyl sites for hydroxylation is 1. The number of rotatable bonds is 24. The number of fused-ring (bicyclic) bond motifs is 1. The van der Waals surface area contributed by atoms with Crippen molar-refractivity contribution >= 4 is 79.9 Å². The molecule has 0 aliphatic carbocycles. The molecule has 0 saturated carbocycles. The van der Waals surface area contributed by atoms with E-state index in [4.69, 9.17) is 4.74 Å². The van der Waals surface area contributed by atoms with Crippen LogP contribution in [-0.2, 0) is 33.8 Å². The van der Waals surface area contributed by atoms with E-state index in [-0.39, 0.29) is 82.8 Å². The minimum atomic E-state index is -3.47. The summed E-state index contributed by atoms with van der Waals surface area (Å²) < 4.78 is 31.7. The number of nitrogens with zero attached hydrogens (tertiary/aromatic N) is 5. The SMILES string of the molecule is Cc1cnc(Nc2ccc(N3CCN(C(=O)CCC(=O)CCCCCCCCCNC(=O)COc4cccc5c4C(=O)N(C4CCC(=O)NC4=O)C5=O)CC3)cc2)nc1Nc1cccc(S(=O)(=O)CC(C)(C)C)c1. The van der Waals surface area contributed by atoms with Gasteiger partial charge in [0.15, 0.2) is 16.4 Å². The lowest BCUT2D eigenvalue weighted by Gasteiger charge is -2.36. The second-order valence-corrected chi connectivity index (χ2v) is 22.3. The van der Waals surface area contributed by atoms with Crippen molar-refractivity contribution in [2.24, 2.45) is 5.41 Å². The van der Waals surface area contributed by atoms with Crippen molar-refractivity contribution in [2.45, 2.75) is 116 Å². The number of Topliss-reactive ketones (excluding diaryl/α,β-unsaturated/α-hetero) is 1. The Morgan fingerprint density at radius 1 is 0.797 bits per heavy atom. The Kier molecular flexibility index (Phi) is 18.2. The molecule has 3 aliphatic rings. The molecular weight excluding hydrogens is 967 g/mol. The number of piperazine rings is 1. The van der Waals surface area contributed by atoms with Crippen LogP contribution in [0, 0.1) is 12.3 Å². The monoisotopic (exact) mass is 1030 g/mol. The molecule has 3 aliphatic heterocycles. The molecule has 2 fully saturated rings.